The lowest BCUT2D eigenvalue weighted by Gasteiger charge is -2.07. The Morgan fingerprint density at radius 1 is 1.16 bits per heavy atom. The summed E-state index contributed by atoms with van der Waals surface area (Å²) in [6.07, 6.45) is 1.39. The molecule has 0 fully saturated rings. The maximum Gasteiger partial charge on any atom is 0.352 e. The number of benzene rings is 1. The van der Waals surface area contributed by atoms with Crippen LogP contribution in [-0.2, 0) is 0 Å². The number of aromatic carboxylic acids is 1. The smallest absolute Gasteiger partial charge is 0.352 e. The third kappa shape index (κ3) is 2.35. The summed E-state index contributed by atoms with van der Waals surface area (Å²) >= 11 is 0. The van der Waals surface area contributed by atoms with Crippen LogP contribution in [0.5, 0.6) is 0 Å². The second kappa shape index (κ2) is 4.61. The van der Waals surface area contributed by atoms with Gasteiger partial charge >= 0.3 is 5.97 Å². The first-order chi connectivity index (χ1) is 8.90. The van der Waals surface area contributed by atoms with E-state index in [0.717, 1.165) is 11.1 Å². The molecule has 2 rings (SSSR count). The molecule has 98 valence electrons. The molecule has 0 radical (unpaired) electrons. The molecule has 1 heterocycles. The molecule has 0 unspecified atom stereocenters. The lowest BCUT2D eigenvalue weighted by molar-refractivity contribution is 0.0691. The molecule has 0 amide bonds. The largest absolute Gasteiger partial charge is 0.477 e. The Balaban J connectivity index is 2.43. The highest BCUT2D eigenvalue weighted by Gasteiger charge is 2.16. The summed E-state index contributed by atoms with van der Waals surface area (Å²) in [5.74, 6) is -1.34. The van der Waals surface area contributed by atoms with E-state index in [9.17, 15) is 9.59 Å². The normalized spacial score (nSPS) is 10.4. The van der Waals surface area contributed by atoms with Crippen LogP contribution >= 0.6 is 0 Å². The van der Waals surface area contributed by atoms with Crippen LogP contribution in [0.2, 0.25) is 0 Å². The maximum absolute atomic E-state index is 12.3. The number of hydrogen-bond acceptors (Lipinski definition) is 3. The summed E-state index contributed by atoms with van der Waals surface area (Å²) in [5, 5.41) is 8.82. The highest BCUT2D eigenvalue weighted by atomic mass is 16.4. The monoisotopic (exact) mass is 258 g/mol. The standard InChI is InChI=1S/C14H14N2O3/c1-7-3-8(2)11(15)5-10(7)13(17)9-4-12(14(18)19)16-6-9/h3-6,16H,15H2,1-2H3,(H,18,19). The van der Waals surface area contributed by atoms with Gasteiger partial charge in [-0.2, -0.15) is 0 Å². The summed E-state index contributed by atoms with van der Waals surface area (Å²) in [5.41, 5.74) is 8.86. The lowest BCUT2D eigenvalue weighted by atomic mass is 9.98. The number of anilines is 1. The Morgan fingerprint density at radius 3 is 2.42 bits per heavy atom. The van der Waals surface area contributed by atoms with Crippen molar-refractivity contribution < 1.29 is 14.7 Å². The van der Waals surface area contributed by atoms with Gasteiger partial charge in [0.05, 0.1) is 0 Å². The number of hydrogen-bond donors (Lipinski definition) is 3. The van der Waals surface area contributed by atoms with Crippen LogP contribution in [0.15, 0.2) is 24.4 Å². The van der Waals surface area contributed by atoms with Gasteiger partial charge in [0.25, 0.3) is 0 Å². The molecular formula is C14H14N2O3. The van der Waals surface area contributed by atoms with Gasteiger partial charge in [0.15, 0.2) is 5.78 Å². The third-order valence-corrected chi connectivity index (χ3v) is 3.03. The van der Waals surface area contributed by atoms with Crippen molar-refractivity contribution in [2.75, 3.05) is 5.73 Å². The SMILES string of the molecule is Cc1cc(C)c(C(=O)c2c[nH]c(C(=O)O)c2)cc1N. The molecule has 1 aromatic heterocycles. The fourth-order valence-corrected chi connectivity index (χ4v) is 1.92. The molecule has 5 nitrogen and oxygen atoms in total. The summed E-state index contributed by atoms with van der Waals surface area (Å²) in [7, 11) is 0. The van der Waals surface area contributed by atoms with Crippen molar-refractivity contribution in [3.63, 3.8) is 0 Å². The van der Waals surface area contributed by atoms with E-state index in [1.807, 2.05) is 19.9 Å². The minimum absolute atomic E-state index is 0.0129. The zero-order valence-corrected chi connectivity index (χ0v) is 10.7. The number of rotatable bonds is 3. The van der Waals surface area contributed by atoms with E-state index in [4.69, 9.17) is 10.8 Å². The second-order valence-electron chi connectivity index (χ2n) is 4.46. The highest BCUT2D eigenvalue weighted by molar-refractivity contribution is 6.11. The summed E-state index contributed by atoms with van der Waals surface area (Å²) in [4.78, 5) is 25.6. The number of H-pyrrole nitrogens is 1. The Bertz CT molecular complexity index is 671. The van der Waals surface area contributed by atoms with Crippen molar-refractivity contribution in [3.05, 3.63) is 52.3 Å². The molecule has 0 saturated heterocycles. The minimum Gasteiger partial charge on any atom is -0.477 e. The van der Waals surface area contributed by atoms with Gasteiger partial charge in [-0.25, -0.2) is 4.79 Å². The summed E-state index contributed by atoms with van der Waals surface area (Å²) in [6, 6.07) is 4.79. The van der Waals surface area contributed by atoms with Gasteiger partial charge in [-0.15, -0.1) is 0 Å². The van der Waals surface area contributed by atoms with Crippen LogP contribution in [0, 0.1) is 13.8 Å². The average Bonchev–Trinajstić information content (AvgIpc) is 2.82. The lowest BCUT2D eigenvalue weighted by Crippen LogP contribution is -2.05. The number of carboxylic acids is 1. The number of nitrogen functional groups attached to an aromatic ring is 1. The zero-order chi connectivity index (χ0) is 14.2. The van der Waals surface area contributed by atoms with Gasteiger partial charge in [-0.1, -0.05) is 6.07 Å². The van der Waals surface area contributed by atoms with Gasteiger partial charge < -0.3 is 15.8 Å². The van der Waals surface area contributed by atoms with Crippen molar-refractivity contribution in [2.24, 2.45) is 0 Å². The zero-order valence-electron chi connectivity index (χ0n) is 10.7. The van der Waals surface area contributed by atoms with Crippen LogP contribution in [0.3, 0.4) is 0 Å². The van der Waals surface area contributed by atoms with Crippen LogP contribution in [0.25, 0.3) is 0 Å². The summed E-state index contributed by atoms with van der Waals surface area (Å²) < 4.78 is 0. The molecule has 1 aromatic carbocycles. The highest BCUT2D eigenvalue weighted by Crippen LogP contribution is 2.21. The molecule has 0 aliphatic heterocycles. The van der Waals surface area contributed by atoms with E-state index in [1.165, 1.54) is 12.3 Å². The maximum atomic E-state index is 12.3. The van der Waals surface area contributed by atoms with Gasteiger partial charge in [0.2, 0.25) is 0 Å². The number of carbonyl (C=O) groups excluding carboxylic acids is 1. The van der Waals surface area contributed by atoms with Gasteiger partial charge in [0, 0.05) is 23.0 Å². The van der Waals surface area contributed by atoms with Crippen LogP contribution in [0.1, 0.15) is 37.5 Å². The molecule has 0 aliphatic carbocycles. The third-order valence-electron chi connectivity index (χ3n) is 3.03. The minimum atomic E-state index is -1.10. The second-order valence-corrected chi connectivity index (χ2v) is 4.46. The van der Waals surface area contributed by atoms with Crippen molar-refractivity contribution in [1.82, 2.24) is 4.98 Å². The van der Waals surface area contributed by atoms with Gasteiger partial charge in [-0.3, -0.25) is 4.79 Å². The topological polar surface area (TPSA) is 96.2 Å². The van der Waals surface area contributed by atoms with Gasteiger partial charge in [0.1, 0.15) is 5.69 Å². The number of aryl methyl sites for hydroxylation is 2. The number of ketones is 1. The molecular weight excluding hydrogens is 244 g/mol. The molecule has 0 bridgehead atoms. The van der Waals surface area contributed by atoms with E-state index in [-0.39, 0.29) is 11.5 Å². The van der Waals surface area contributed by atoms with E-state index in [0.29, 0.717) is 16.8 Å². The predicted octanol–water partition coefficient (Wildman–Crippen LogP) is 2.14. The Kier molecular flexibility index (Phi) is 3.12. The first-order valence-electron chi connectivity index (χ1n) is 5.73. The first kappa shape index (κ1) is 12.9. The fraction of sp³-hybridized carbons (Fsp3) is 0.143. The molecule has 0 atom stereocenters. The molecule has 19 heavy (non-hydrogen) atoms. The predicted molar refractivity (Wildman–Crippen MR) is 71.5 cm³/mol. The fourth-order valence-electron chi connectivity index (χ4n) is 1.92. The molecule has 0 aliphatic rings. The number of nitrogens with one attached hydrogen (secondary N) is 1. The van der Waals surface area contributed by atoms with E-state index in [2.05, 4.69) is 4.98 Å². The number of nitrogens with two attached hydrogens (primary N) is 1. The average molecular weight is 258 g/mol. The molecule has 2 aromatic rings. The molecule has 0 saturated carbocycles. The number of aromatic amines is 1. The van der Waals surface area contributed by atoms with Gasteiger partial charge in [-0.05, 0) is 37.1 Å². The van der Waals surface area contributed by atoms with E-state index < -0.39 is 5.97 Å². The Hall–Kier alpha value is -2.56. The van der Waals surface area contributed by atoms with Crippen molar-refractivity contribution in [1.29, 1.82) is 0 Å². The Morgan fingerprint density at radius 2 is 1.84 bits per heavy atom. The summed E-state index contributed by atoms with van der Waals surface area (Å²) in [6.45, 7) is 3.69. The van der Waals surface area contributed by atoms with Crippen molar-refractivity contribution >= 4 is 17.4 Å². The van der Waals surface area contributed by atoms with Crippen molar-refractivity contribution in [3.8, 4) is 0 Å². The van der Waals surface area contributed by atoms with Crippen LogP contribution < -0.4 is 5.73 Å². The first-order valence-corrected chi connectivity index (χ1v) is 5.73. The van der Waals surface area contributed by atoms with Crippen LogP contribution in [0.4, 0.5) is 5.69 Å². The Labute approximate surface area is 110 Å². The molecule has 4 N–H and O–H groups in total. The number of carbonyl (C=O) groups is 2. The quantitative estimate of drug-likeness (QED) is 0.580. The molecule has 5 heteroatoms. The van der Waals surface area contributed by atoms with E-state index in [1.54, 1.807) is 6.07 Å². The van der Waals surface area contributed by atoms with Crippen molar-refractivity contribution in [2.45, 2.75) is 13.8 Å². The number of carboxylic acid groups (broad SMARTS) is 1. The van der Waals surface area contributed by atoms with Crippen LogP contribution in [-0.4, -0.2) is 21.8 Å². The molecule has 0 spiro atoms. The van der Waals surface area contributed by atoms with E-state index >= 15 is 0 Å². The number of aromatic nitrogens is 1.